The average molecular weight is 441 g/mol. The largest absolute Gasteiger partial charge is 0.369 e. The fraction of sp³-hybridized carbons (Fsp3) is 0.650. The zero-order chi connectivity index (χ0) is 19.7. The average Bonchev–Trinajstić information content (AvgIpc) is 3.30. The van der Waals surface area contributed by atoms with Gasteiger partial charge in [-0.25, -0.2) is 0 Å². The Balaban J connectivity index is 0.00000240. The number of piperidine rings is 1. The molecule has 1 unspecified atom stereocenters. The minimum Gasteiger partial charge on any atom is -0.369 e. The highest BCUT2D eigenvalue weighted by molar-refractivity contribution is 7.14. The van der Waals surface area contributed by atoms with Crippen molar-refractivity contribution >= 4 is 29.7 Å². The maximum absolute atomic E-state index is 12.9. The SMILES string of the molecule is CC(C)Cc1noc(C(C)NC(=O)c2cc3c(s2)C2(CCNCC2)OCC3)n1.Cl. The Morgan fingerprint density at radius 3 is 2.83 bits per heavy atom. The number of carbonyl (C=O) groups excluding carboxylic acids is 1. The molecule has 7 nitrogen and oxygen atoms in total. The van der Waals surface area contributed by atoms with Crippen molar-refractivity contribution in [2.45, 2.75) is 58.1 Å². The Labute approximate surface area is 181 Å². The number of halogens is 1. The van der Waals surface area contributed by atoms with Crippen molar-refractivity contribution in [2.24, 2.45) is 5.92 Å². The van der Waals surface area contributed by atoms with Crippen molar-refractivity contribution < 1.29 is 14.1 Å². The molecule has 2 aliphatic heterocycles. The second-order valence-electron chi connectivity index (χ2n) is 8.15. The summed E-state index contributed by atoms with van der Waals surface area (Å²) in [6.45, 7) is 8.71. The van der Waals surface area contributed by atoms with Crippen molar-refractivity contribution in [3.63, 3.8) is 0 Å². The van der Waals surface area contributed by atoms with E-state index in [-0.39, 0.29) is 30.0 Å². The van der Waals surface area contributed by atoms with Gasteiger partial charge in [0, 0.05) is 11.3 Å². The lowest BCUT2D eigenvalue weighted by Crippen LogP contribution is -2.43. The summed E-state index contributed by atoms with van der Waals surface area (Å²) in [6.07, 6.45) is 3.54. The van der Waals surface area contributed by atoms with Crippen LogP contribution in [0.2, 0.25) is 0 Å². The Bertz CT molecular complexity index is 845. The fourth-order valence-corrected chi connectivity index (χ4v) is 5.27. The number of hydrogen-bond acceptors (Lipinski definition) is 7. The first-order chi connectivity index (χ1) is 13.5. The van der Waals surface area contributed by atoms with Gasteiger partial charge in [0.15, 0.2) is 5.82 Å². The van der Waals surface area contributed by atoms with Crippen LogP contribution in [0.1, 0.15) is 71.5 Å². The zero-order valence-electron chi connectivity index (χ0n) is 17.1. The number of nitrogens with one attached hydrogen (secondary N) is 2. The smallest absolute Gasteiger partial charge is 0.262 e. The molecular formula is C20H29ClN4O3S. The van der Waals surface area contributed by atoms with E-state index in [2.05, 4.69) is 34.6 Å². The molecule has 29 heavy (non-hydrogen) atoms. The third kappa shape index (κ3) is 4.66. The normalized spacial score (nSPS) is 18.9. The van der Waals surface area contributed by atoms with Gasteiger partial charge in [0.05, 0.1) is 11.5 Å². The summed E-state index contributed by atoms with van der Waals surface area (Å²) in [4.78, 5) is 19.2. The van der Waals surface area contributed by atoms with Gasteiger partial charge in [-0.05, 0) is 56.8 Å². The predicted molar refractivity (Wildman–Crippen MR) is 114 cm³/mol. The number of fused-ring (bicyclic) bond motifs is 2. The molecule has 2 N–H and O–H groups in total. The first-order valence-corrected chi connectivity index (χ1v) is 10.9. The number of thiophene rings is 1. The molecule has 4 rings (SSSR count). The van der Waals surface area contributed by atoms with E-state index in [1.54, 1.807) is 11.3 Å². The maximum Gasteiger partial charge on any atom is 0.262 e. The van der Waals surface area contributed by atoms with E-state index in [0.29, 0.717) is 17.6 Å². The lowest BCUT2D eigenvalue weighted by Gasteiger charge is -2.40. The van der Waals surface area contributed by atoms with Gasteiger partial charge in [0.2, 0.25) is 5.89 Å². The van der Waals surface area contributed by atoms with Crippen molar-refractivity contribution in [3.8, 4) is 0 Å². The number of hydrogen-bond donors (Lipinski definition) is 2. The lowest BCUT2D eigenvalue weighted by molar-refractivity contribution is -0.0771. The molecule has 1 fully saturated rings. The molecule has 0 bridgehead atoms. The van der Waals surface area contributed by atoms with Crippen molar-refractivity contribution in [3.05, 3.63) is 33.1 Å². The molecule has 160 valence electrons. The number of rotatable bonds is 5. The minimum absolute atomic E-state index is 0. The van der Waals surface area contributed by atoms with Gasteiger partial charge >= 0.3 is 0 Å². The van der Waals surface area contributed by atoms with E-state index in [1.165, 1.54) is 10.4 Å². The van der Waals surface area contributed by atoms with Gasteiger partial charge in [-0.2, -0.15) is 4.98 Å². The molecule has 1 spiro atoms. The van der Waals surface area contributed by atoms with Crippen LogP contribution in [0.3, 0.4) is 0 Å². The zero-order valence-corrected chi connectivity index (χ0v) is 18.8. The Morgan fingerprint density at radius 2 is 2.10 bits per heavy atom. The molecule has 2 aromatic rings. The molecule has 0 aromatic carbocycles. The van der Waals surface area contributed by atoms with Gasteiger partial charge in [-0.1, -0.05) is 19.0 Å². The quantitative estimate of drug-likeness (QED) is 0.740. The summed E-state index contributed by atoms with van der Waals surface area (Å²) in [7, 11) is 0. The van der Waals surface area contributed by atoms with Crippen LogP contribution in [0.25, 0.3) is 0 Å². The molecule has 0 saturated carbocycles. The molecule has 1 amide bonds. The van der Waals surface area contributed by atoms with Crippen LogP contribution in [0.5, 0.6) is 0 Å². The van der Waals surface area contributed by atoms with E-state index in [0.717, 1.165) is 50.3 Å². The van der Waals surface area contributed by atoms with Crippen LogP contribution < -0.4 is 10.6 Å². The summed E-state index contributed by atoms with van der Waals surface area (Å²) in [5.41, 5.74) is 1.04. The monoisotopic (exact) mass is 440 g/mol. The highest BCUT2D eigenvalue weighted by Crippen LogP contribution is 2.44. The molecule has 1 saturated heterocycles. The highest BCUT2D eigenvalue weighted by atomic mass is 35.5. The van der Waals surface area contributed by atoms with Crippen LogP contribution in [-0.2, 0) is 23.2 Å². The Hall–Kier alpha value is -1.48. The first kappa shape index (κ1) is 22.2. The van der Waals surface area contributed by atoms with E-state index in [4.69, 9.17) is 9.26 Å². The third-order valence-corrected chi connectivity index (χ3v) is 6.76. The van der Waals surface area contributed by atoms with Crippen LogP contribution in [-0.4, -0.2) is 35.7 Å². The molecule has 0 aliphatic carbocycles. The molecule has 1 atom stereocenters. The van der Waals surface area contributed by atoms with Crippen molar-refractivity contribution in [2.75, 3.05) is 19.7 Å². The van der Waals surface area contributed by atoms with Crippen molar-refractivity contribution in [1.82, 2.24) is 20.8 Å². The second-order valence-corrected chi connectivity index (χ2v) is 9.20. The van der Waals surface area contributed by atoms with E-state index in [1.807, 2.05) is 13.0 Å². The number of amides is 1. The number of carbonyl (C=O) groups is 1. The number of aromatic nitrogens is 2. The summed E-state index contributed by atoms with van der Waals surface area (Å²) < 4.78 is 11.6. The van der Waals surface area contributed by atoms with Gasteiger partial charge in [0.1, 0.15) is 11.6 Å². The van der Waals surface area contributed by atoms with Crippen LogP contribution in [0, 0.1) is 5.92 Å². The van der Waals surface area contributed by atoms with Crippen LogP contribution >= 0.6 is 23.7 Å². The van der Waals surface area contributed by atoms with Crippen LogP contribution in [0.15, 0.2) is 10.6 Å². The molecule has 4 heterocycles. The molecule has 0 radical (unpaired) electrons. The summed E-state index contributed by atoms with van der Waals surface area (Å²) in [5, 5.41) is 10.4. The summed E-state index contributed by atoms with van der Waals surface area (Å²) >= 11 is 1.57. The predicted octanol–water partition coefficient (Wildman–Crippen LogP) is 3.39. The molecular weight excluding hydrogens is 412 g/mol. The Kier molecular flexibility index (Phi) is 6.98. The maximum atomic E-state index is 12.9. The topological polar surface area (TPSA) is 89.3 Å². The van der Waals surface area contributed by atoms with E-state index in [9.17, 15) is 4.79 Å². The van der Waals surface area contributed by atoms with Crippen molar-refractivity contribution in [1.29, 1.82) is 0 Å². The third-order valence-electron chi connectivity index (χ3n) is 5.40. The molecule has 2 aromatic heterocycles. The van der Waals surface area contributed by atoms with Gasteiger partial charge in [0.25, 0.3) is 5.91 Å². The standard InChI is InChI=1S/C20H28N4O3S.ClH/c1-12(2)10-16-23-19(27-24-16)13(3)22-18(25)15-11-14-4-9-26-20(17(14)28-15)5-7-21-8-6-20;/h11-13,21H,4-10H2,1-3H3,(H,22,25);1H. The summed E-state index contributed by atoms with van der Waals surface area (Å²) in [5.74, 6) is 1.49. The number of ether oxygens (including phenoxy) is 1. The Morgan fingerprint density at radius 1 is 1.34 bits per heavy atom. The van der Waals surface area contributed by atoms with Gasteiger partial charge < -0.3 is 19.9 Å². The number of nitrogens with zero attached hydrogens (tertiary/aromatic N) is 2. The first-order valence-electron chi connectivity index (χ1n) is 10.1. The van der Waals surface area contributed by atoms with Crippen LogP contribution in [0.4, 0.5) is 0 Å². The fourth-order valence-electron chi connectivity index (χ4n) is 3.96. The van der Waals surface area contributed by atoms with Gasteiger partial charge in [-0.15, -0.1) is 23.7 Å². The summed E-state index contributed by atoms with van der Waals surface area (Å²) in [6, 6.07) is 1.70. The minimum atomic E-state index is -0.330. The van der Waals surface area contributed by atoms with Gasteiger partial charge in [-0.3, -0.25) is 4.79 Å². The molecule has 9 heteroatoms. The van der Waals surface area contributed by atoms with E-state index >= 15 is 0 Å². The van der Waals surface area contributed by atoms with E-state index < -0.39 is 0 Å². The molecule has 2 aliphatic rings. The lowest BCUT2D eigenvalue weighted by atomic mass is 9.86. The second kappa shape index (κ2) is 9.12. The highest BCUT2D eigenvalue weighted by Gasteiger charge is 2.41.